The second kappa shape index (κ2) is 7.06. The molecule has 138 valence electrons. The van der Waals surface area contributed by atoms with Crippen molar-refractivity contribution in [2.45, 2.75) is 13.1 Å². The van der Waals surface area contributed by atoms with Crippen LogP contribution in [0, 0.1) is 0 Å². The predicted molar refractivity (Wildman–Crippen MR) is 103 cm³/mol. The van der Waals surface area contributed by atoms with E-state index in [4.69, 9.17) is 16.7 Å². The molecule has 9 nitrogen and oxygen atoms in total. The molecule has 0 spiro atoms. The molecular weight excluding hydrogens is 344 g/mol. The van der Waals surface area contributed by atoms with Crippen molar-refractivity contribution in [3.63, 3.8) is 0 Å². The standard InChI is InChI=1S/C18H20N8O/c19-15-3-4-16(13-9-23-25(10-13)6-7-27)24-18(15)26(20)11-12-8-22-17-14(12)2-1-5-21-17/h1-5,8-10,27H,6-7,11,19-20H2,(H,21,22). The van der Waals surface area contributed by atoms with Gasteiger partial charge in [0, 0.05) is 35.1 Å². The number of anilines is 2. The van der Waals surface area contributed by atoms with Crippen LogP contribution < -0.4 is 16.6 Å². The third kappa shape index (κ3) is 3.33. The summed E-state index contributed by atoms with van der Waals surface area (Å²) < 4.78 is 1.66. The number of hydrogen-bond donors (Lipinski definition) is 4. The zero-order valence-corrected chi connectivity index (χ0v) is 14.6. The minimum Gasteiger partial charge on any atom is -0.396 e. The van der Waals surface area contributed by atoms with E-state index in [1.165, 1.54) is 5.01 Å². The molecule has 0 unspecified atom stereocenters. The number of aromatic amines is 1. The Balaban J connectivity index is 1.62. The van der Waals surface area contributed by atoms with Gasteiger partial charge in [-0.05, 0) is 24.3 Å². The quantitative estimate of drug-likeness (QED) is 0.299. The summed E-state index contributed by atoms with van der Waals surface area (Å²) in [5.41, 5.74) is 9.94. The maximum absolute atomic E-state index is 9.03. The maximum Gasteiger partial charge on any atom is 0.166 e. The molecule has 0 fully saturated rings. The van der Waals surface area contributed by atoms with Crippen LogP contribution in [0.4, 0.5) is 11.5 Å². The second-order valence-electron chi connectivity index (χ2n) is 6.17. The number of H-pyrrole nitrogens is 1. The van der Waals surface area contributed by atoms with Gasteiger partial charge in [-0.25, -0.2) is 15.8 Å². The van der Waals surface area contributed by atoms with Gasteiger partial charge in [0.1, 0.15) is 5.65 Å². The molecule has 0 aliphatic heterocycles. The zero-order valence-electron chi connectivity index (χ0n) is 14.6. The number of nitrogens with zero attached hydrogens (tertiary/aromatic N) is 5. The second-order valence-corrected chi connectivity index (χ2v) is 6.17. The van der Waals surface area contributed by atoms with E-state index in [9.17, 15) is 0 Å². The highest BCUT2D eigenvalue weighted by atomic mass is 16.3. The van der Waals surface area contributed by atoms with Crippen molar-refractivity contribution in [1.29, 1.82) is 0 Å². The smallest absolute Gasteiger partial charge is 0.166 e. The molecule has 0 atom stereocenters. The molecule has 6 N–H and O–H groups in total. The van der Waals surface area contributed by atoms with Gasteiger partial charge >= 0.3 is 0 Å². The van der Waals surface area contributed by atoms with Crippen LogP contribution >= 0.6 is 0 Å². The Morgan fingerprint density at radius 3 is 3.00 bits per heavy atom. The number of pyridine rings is 2. The van der Waals surface area contributed by atoms with Gasteiger partial charge < -0.3 is 15.8 Å². The van der Waals surface area contributed by atoms with E-state index >= 15 is 0 Å². The number of hydrazine groups is 1. The first-order valence-corrected chi connectivity index (χ1v) is 8.49. The Bertz CT molecular complexity index is 1070. The van der Waals surface area contributed by atoms with Crippen molar-refractivity contribution < 1.29 is 5.11 Å². The van der Waals surface area contributed by atoms with Gasteiger partial charge in [0.15, 0.2) is 5.82 Å². The minimum absolute atomic E-state index is 0.0254. The summed E-state index contributed by atoms with van der Waals surface area (Å²) in [6.07, 6.45) is 7.15. The third-order valence-electron chi connectivity index (χ3n) is 4.31. The average Bonchev–Trinajstić information content (AvgIpc) is 3.30. The highest BCUT2D eigenvalue weighted by Gasteiger charge is 2.14. The number of aromatic nitrogens is 5. The van der Waals surface area contributed by atoms with Crippen LogP contribution in [0.25, 0.3) is 22.3 Å². The van der Waals surface area contributed by atoms with E-state index in [0.29, 0.717) is 30.3 Å². The fraction of sp³-hybridized carbons (Fsp3) is 0.167. The van der Waals surface area contributed by atoms with Crippen LogP contribution in [0.15, 0.2) is 49.1 Å². The normalized spacial score (nSPS) is 11.2. The number of nitrogens with two attached hydrogens (primary N) is 2. The Kier molecular flexibility index (Phi) is 4.45. The molecule has 0 bridgehead atoms. The highest BCUT2D eigenvalue weighted by molar-refractivity contribution is 5.80. The minimum atomic E-state index is 0.0254. The summed E-state index contributed by atoms with van der Waals surface area (Å²) in [6, 6.07) is 7.48. The van der Waals surface area contributed by atoms with Crippen LogP contribution in [0.5, 0.6) is 0 Å². The monoisotopic (exact) mass is 364 g/mol. The van der Waals surface area contributed by atoms with Gasteiger partial charge in [-0.1, -0.05) is 0 Å². The summed E-state index contributed by atoms with van der Waals surface area (Å²) >= 11 is 0. The lowest BCUT2D eigenvalue weighted by Gasteiger charge is -2.19. The van der Waals surface area contributed by atoms with Crippen LogP contribution in [-0.2, 0) is 13.1 Å². The Hall–Kier alpha value is -3.43. The average molecular weight is 364 g/mol. The fourth-order valence-electron chi connectivity index (χ4n) is 2.97. The maximum atomic E-state index is 9.03. The van der Waals surface area contributed by atoms with Crippen molar-refractivity contribution in [2.24, 2.45) is 5.84 Å². The fourth-order valence-corrected chi connectivity index (χ4v) is 2.97. The van der Waals surface area contributed by atoms with Gasteiger partial charge in [-0.2, -0.15) is 5.10 Å². The summed E-state index contributed by atoms with van der Waals surface area (Å²) in [6.45, 7) is 0.882. The molecule has 4 aromatic heterocycles. The Morgan fingerprint density at radius 1 is 1.26 bits per heavy atom. The van der Waals surface area contributed by atoms with Crippen molar-refractivity contribution >= 4 is 22.5 Å². The molecule has 4 aromatic rings. The molecule has 27 heavy (non-hydrogen) atoms. The number of hydrogen-bond acceptors (Lipinski definition) is 7. The lowest BCUT2D eigenvalue weighted by atomic mass is 10.2. The lowest BCUT2D eigenvalue weighted by Crippen LogP contribution is -2.31. The molecule has 4 rings (SSSR count). The Morgan fingerprint density at radius 2 is 2.15 bits per heavy atom. The van der Waals surface area contributed by atoms with Gasteiger partial charge in [0.25, 0.3) is 0 Å². The van der Waals surface area contributed by atoms with Crippen LogP contribution in [0.3, 0.4) is 0 Å². The predicted octanol–water partition coefficient (Wildman–Crippen LogP) is 1.28. The van der Waals surface area contributed by atoms with E-state index in [1.54, 1.807) is 23.1 Å². The van der Waals surface area contributed by atoms with E-state index in [2.05, 4.69) is 20.1 Å². The summed E-state index contributed by atoms with van der Waals surface area (Å²) in [5, 5.41) is 15.8. The van der Waals surface area contributed by atoms with E-state index in [0.717, 1.165) is 22.2 Å². The van der Waals surface area contributed by atoms with Crippen molar-refractivity contribution in [3.05, 3.63) is 54.6 Å². The first kappa shape index (κ1) is 17.0. The van der Waals surface area contributed by atoms with Crippen LogP contribution in [0.2, 0.25) is 0 Å². The topological polar surface area (TPSA) is 135 Å². The van der Waals surface area contributed by atoms with Crippen LogP contribution in [-0.4, -0.2) is 36.4 Å². The molecular formula is C18H20N8O. The first-order chi connectivity index (χ1) is 13.2. The Labute approximate surface area is 155 Å². The molecule has 0 saturated heterocycles. The molecule has 0 aliphatic carbocycles. The molecule has 0 aliphatic rings. The molecule has 9 heteroatoms. The van der Waals surface area contributed by atoms with Crippen molar-refractivity contribution in [1.82, 2.24) is 24.7 Å². The number of nitrogen functional groups attached to an aromatic ring is 1. The third-order valence-corrected chi connectivity index (χ3v) is 4.31. The largest absolute Gasteiger partial charge is 0.396 e. The number of nitrogens with one attached hydrogen (secondary N) is 1. The number of rotatable bonds is 6. The number of fused-ring (bicyclic) bond motifs is 1. The SMILES string of the molecule is Nc1ccc(-c2cnn(CCO)c2)nc1N(N)Cc1c[nH]c2ncccc12. The van der Waals surface area contributed by atoms with Gasteiger partial charge in [-0.3, -0.25) is 9.69 Å². The number of aliphatic hydroxyl groups is 1. The van der Waals surface area contributed by atoms with E-state index in [1.807, 2.05) is 30.6 Å². The van der Waals surface area contributed by atoms with E-state index in [-0.39, 0.29) is 6.61 Å². The van der Waals surface area contributed by atoms with Gasteiger partial charge in [0.2, 0.25) is 0 Å². The summed E-state index contributed by atoms with van der Waals surface area (Å²) in [5.74, 6) is 6.77. The summed E-state index contributed by atoms with van der Waals surface area (Å²) in [7, 11) is 0. The highest BCUT2D eigenvalue weighted by Crippen LogP contribution is 2.26. The molecule has 0 amide bonds. The first-order valence-electron chi connectivity index (χ1n) is 8.49. The van der Waals surface area contributed by atoms with Gasteiger partial charge in [0.05, 0.1) is 37.3 Å². The van der Waals surface area contributed by atoms with Crippen LogP contribution in [0.1, 0.15) is 5.56 Å². The molecule has 4 heterocycles. The lowest BCUT2D eigenvalue weighted by molar-refractivity contribution is 0.269. The van der Waals surface area contributed by atoms with Crippen molar-refractivity contribution in [3.8, 4) is 11.3 Å². The van der Waals surface area contributed by atoms with E-state index < -0.39 is 0 Å². The zero-order chi connectivity index (χ0) is 18.8. The summed E-state index contributed by atoms with van der Waals surface area (Å²) in [4.78, 5) is 12.0. The molecule has 0 aromatic carbocycles. The molecule has 0 radical (unpaired) electrons. The molecule has 0 saturated carbocycles. The van der Waals surface area contributed by atoms with Gasteiger partial charge in [-0.15, -0.1) is 0 Å². The number of aliphatic hydroxyl groups excluding tert-OH is 1. The van der Waals surface area contributed by atoms with Crippen molar-refractivity contribution in [2.75, 3.05) is 17.3 Å².